The number of hydrogen-bond donors (Lipinski definition) is 0. The van der Waals surface area contributed by atoms with E-state index in [1.807, 2.05) is 118 Å². The molecule has 8 nitrogen and oxygen atoms in total. The second kappa shape index (κ2) is 30.3. The summed E-state index contributed by atoms with van der Waals surface area (Å²) in [4.78, 5) is 10.8. The highest BCUT2D eigenvalue weighted by Gasteiger charge is 2.28. The van der Waals surface area contributed by atoms with E-state index in [4.69, 9.17) is 37.9 Å². The van der Waals surface area contributed by atoms with Crippen molar-refractivity contribution in [2.24, 2.45) is 0 Å². The van der Waals surface area contributed by atoms with Crippen molar-refractivity contribution in [1.82, 2.24) is 0 Å². The Morgan fingerprint density at radius 3 is 0.776 bits per heavy atom. The summed E-state index contributed by atoms with van der Waals surface area (Å²) < 4.78 is 52.4. The molecule has 76 heavy (non-hydrogen) atoms. The van der Waals surface area contributed by atoms with Crippen molar-refractivity contribution in [2.75, 3.05) is 79.3 Å². The van der Waals surface area contributed by atoms with E-state index >= 15 is 0 Å². The molecule has 0 unspecified atom stereocenters. The minimum absolute atomic E-state index is 0.439. The molecule has 0 fully saturated rings. The summed E-state index contributed by atoms with van der Waals surface area (Å²) >= 11 is 14.8. The van der Waals surface area contributed by atoms with Crippen LogP contribution in [-0.4, -0.2) is 79.3 Å². The van der Waals surface area contributed by atoms with Gasteiger partial charge in [-0.1, -0.05) is 143 Å². The van der Waals surface area contributed by atoms with Gasteiger partial charge in [0.15, 0.2) is 0 Å². The van der Waals surface area contributed by atoms with Crippen LogP contribution in [0.25, 0.3) is 23.3 Å². The Morgan fingerprint density at radius 2 is 0.513 bits per heavy atom. The number of benzene rings is 4. The van der Waals surface area contributed by atoms with Gasteiger partial charge >= 0.3 is 0 Å². The predicted molar refractivity (Wildman–Crippen MR) is 335 cm³/mol. The van der Waals surface area contributed by atoms with E-state index in [2.05, 4.69) is 140 Å². The van der Waals surface area contributed by atoms with Gasteiger partial charge in [0.05, 0.1) is 61.3 Å². The van der Waals surface area contributed by atoms with Gasteiger partial charge in [0.2, 0.25) is 0 Å². The van der Waals surface area contributed by atoms with Crippen molar-refractivity contribution in [3.05, 3.63) is 176 Å². The fraction of sp³-hybridized carbons (Fsp3) is 0.333. The first kappa shape index (κ1) is 58.8. The summed E-state index contributed by atoms with van der Waals surface area (Å²) in [6, 6.07) is 33.4. The fourth-order valence-electron chi connectivity index (χ4n) is 7.41. The monoisotopic (exact) mass is 1170 g/mol. The molecule has 4 aromatic carbocycles. The summed E-state index contributed by atoms with van der Waals surface area (Å²) in [5.41, 5.74) is 7.05. The Hall–Kier alpha value is -3.36. The minimum Gasteiger partial charge on any atom is -0.491 e. The smallest absolute Gasteiger partial charge is 0.119 e. The zero-order valence-corrected chi connectivity index (χ0v) is 50.9. The fourth-order valence-corrected chi connectivity index (χ4v) is 17.6. The highest BCUT2D eigenvalue weighted by Crippen LogP contribution is 2.59. The van der Waals surface area contributed by atoms with Crippen LogP contribution in [0.2, 0.25) is 0 Å². The standard InChI is InChI=1S/C60H66O8S8/c1-39-40(2)70-55(69-39)37-47-9-17-51(18-10-47)65-33-29-61-25-27-63-31-35-67-53-21-13-49(14-22-53)57(59-73-43(5)44(6)74-59)58(60-75-45(7)46(8)76-60)50-15-23-54(24-16-50)68-36-32-64-28-26-62-30-34-66-52-19-11-48(12-20-52)38-56-71-41(3)42(4)72-56/h9-24,37-38H,25-36H2,1-8H3. The maximum absolute atomic E-state index is 6.15. The Kier molecular flexibility index (Phi) is 23.4. The lowest BCUT2D eigenvalue weighted by molar-refractivity contribution is 0.0273. The number of ether oxygens (including phenoxy) is 8. The first-order chi connectivity index (χ1) is 36.9. The van der Waals surface area contributed by atoms with Gasteiger partial charge < -0.3 is 37.9 Å². The number of thioether (sulfide) groups is 8. The Morgan fingerprint density at radius 1 is 0.289 bits per heavy atom. The summed E-state index contributed by atoms with van der Waals surface area (Å²) in [5, 5.41) is 0. The molecule has 0 N–H and O–H groups in total. The van der Waals surface area contributed by atoms with Crippen molar-refractivity contribution in [3.8, 4) is 23.0 Å². The van der Waals surface area contributed by atoms with Crippen LogP contribution in [0.4, 0.5) is 0 Å². The van der Waals surface area contributed by atoms with E-state index in [0.29, 0.717) is 79.3 Å². The Bertz CT molecular complexity index is 2620. The molecule has 4 aliphatic rings. The number of allylic oxidation sites excluding steroid dienone is 10. The summed E-state index contributed by atoms with van der Waals surface area (Å²) in [5.74, 6) is 3.27. The number of rotatable bonds is 27. The maximum atomic E-state index is 6.15. The lowest BCUT2D eigenvalue weighted by atomic mass is 9.94. The highest BCUT2D eigenvalue weighted by molar-refractivity contribution is 8.30. The van der Waals surface area contributed by atoms with Gasteiger partial charge in [-0.3, -0.25) is 0 Å². The van der Waals surface area contributed by atoms with Crippen LogP contribution < -0.4 is 18.9 Å². The molecular formula is C60H66O8S8. The predicted octanol–water partition coefficient (Wildman–Crippen LogP) is 18.2. The van der Waals surface area contributed by atoms with Crippen molar-refractivity contribution >= 4 is 117 Å². The third-order valence-electron chi connectivity index (χ3n) is 12.0. The molecular weight excluding hydrogens is 1110 g/mol. The topological polar surface area (TPSA) is 73.8 Å². The molecule has 0 radical (unpaired) electrons. The first-order valence-electron chi connectivity index (χ1n) is 25.2. The van der Waals surface area contributed by atoms with E-state index in [-0.39, 0.29) is 0 Å². The molecule has 8 rings (SSSR count). The van der Waals surface area contributed by atoms with Crippen LogP contribution in [0.5, 0.6) is 23.0 Å². The third-order valence-corrected chi connectivity index (χ3v) is 22.2. The molecule has 16 heteroatoms. The van der Waals surface area contributed by atoms with Crippen LogP contribution >= 0.6 is 94.1 Å². The molecule has 0 aliphatic carbocycles. The molecule has 4 heterocycles. The molecule has 0 aromatic heterocycles. The van der Waals surface area contributed by atoms with Gasteiger partial charge in [0, 0.05) is 19.6 Å². The molecule has 0 atom stereocenters. The Balaban J connectivity index is 0.754. The average molecular weight is 1170 g/mol. The Labute approximate surface area is 484 Å². The highest BCUT2D eigenvalue weighted by atomic mass is 32.2. The normalized spacial score (nSPS) is 15.7. The molecule has 0 spiro atoms. The van der Waals surface area contributed by atoms with Crippen molar-refractivity contribution in [2.45, 2.75) is 55.4 Å². The lowest BCUT2D eigenvalue weighted by Gasteiger charge is -2.19. The van der Waals surface area contributed by atoms with E-state index < -0.39 is 0 Å². The zero-order chi connectivity index (χ0) is 53.2. The molecule has 0 amide bonds. The van der Waals surface area contributed by atoms with Gasteiger partial charge in [0.25, 0.3) is 0 Å². The average Bonchev–Trinajstić information content (AvgIpc) is 4.14. The summed E-state index contributed by atoms with van der Waals surface area (Å²) in [7, 11) is 0. The third kappa shape index (κ3) is 17.8. The summed E-state index contributed by atoms with van der Waals surface area (Å²) in [6.07, 6.45) is 4.44. The van der Waals surface area contributed by atoms with Crippen LogP contribution in [-0.2, 0) is 18.9 Å². The molecule has 402 valence electrons. The maximum Gasteiger partial charge on any atom is 0.119 e. The van der Waals surface area contributed by atoms with Crippen molar-refractivity contribution < 1.29 is 37.9 Å². The zero-order valence-electron chi connectivity index (χ0n) is 44.4. The largest absolute Gasteiger partial charge is 0.491 e. The van der Waals surface area contributed by atoms with E-state index in [1.165, 1.54) is 78.5 Å². The minimum atomic E-state index is 0.439. The van der Waals surface area contributed by atoms with Gasteiger partial charge in [-0.15, -0.1) is 0 Å². The first-order valence-corrected chi connectivity index (χ1v) is 31.8. The SMILES string of the molecule is CC1=C(C)SC(=Cc2ccc(OCCOCCOCCOc3ccc(C(=C4SC(C)=C(C)S4)C(=C4SC(C)=C(C)S4)c4ccc(OCCOCCOCCOc5ccc(C=C6SC(C)=C(C)S6)cc5)cc4)cc3)cc2)S1. The van der Waals surface area contributed by atoms with E-state index in [1.54, 1.807) is 0 Å². The van der Waals surface area contributed by atoms with Crippen molar-refractivity contribution in [3.63, 3.8) is 0 Å². The van der Waals surface area contributed by atoms with E-state index in [0.717, 1.165) is 34.1 Å². The van der Waals surface area contributed by atoms with Gasteiger partial charge in [0.1, 0.15) is 49.4 Å². The van der Waals surface area contributed by atoms with Crippen LogP contribution in [0.1, 0.15) is 77.6 Å². The quantitative estimate of drug-likeness (QED) is 0.0532. The lowest BCUT2D eigenvalue weighted by Crippen LogP contribution is -2.13. The molecule has 0 saturated carbocycles. The molecule has 4 aliphatic heterocycles. The van der Waals surface area contributed by atoms with Gasteiger partial charge in [-0.25, -0.2) is 0 Å². The van der Waals surface area contributed by atoms with Gasteiger partial charge in [-0.05, 0) is 178 Å². The van der Waals surface area contributed by atoms with Crippen molar-refractivity contribution in [1.29, 1.82) is 0 Å². The van der Waals surface area contributed by atoms with E-state index in [9.17, 15) is 0 Å². The molecule has 0 bridgehead atoms. The van der Waals surface area contributed by atoms with Gasteiger partial charge in [-0.2, -0.15) is 0 Å². The van der Waals surface area contributed by atoms with Crippen LogP contribution in [0.3, 0.4) is 0 Å². The number of hydrogen-bond acceptors (Lipinski definition) is 16. The molecule has 4 aromatic rings. The summed E-state index contributed by atoms with van der Waals surface area (Å²) in [6.45, 7) is 23.2. The molecule has 0 saturated heterocycles. The van der Waals surface area contributed by atoms with Crippen LogP contribution in [0, 0.1) is 0 Å². The second-order valence-corrected chi connectivity index (χ2v) is 28.5. The second-order valence-electron chi connectivity index (χ2n) is 17.5. The van der Waals surface area contributed by atoms with Crippen LogP contribution in [0.15, 0.2) is 153 Å².